The van der Waals surface area contributed by atoms with Crippen molar-refractivity contribution in [3.05, 3.63) is 16.6 Å². The van der Waals surface area contributed by atoms with Crippen molar-refractivity contribution in [1.82, 2.24) is 10.0 Å². The number of likely N-dealkylation sites (N-methyl/N-ethyl adjacent to an activating group) is 1. The van der Waals surface area contributed by atoms with E-state index in [1.54, 1.807) is 0 Å². The number of carbonyl (C=O) groups is 1. The van der Waals surface area contributed by atoms with Crippen molar-refractivity contribution in [3.63, 3.8) is 0 Å². The zero-order valence-corrected chi connectivity index (χ0v) is 13.6. The van der Waals surface area contributed by atoms with Crippen LogP contribution < -0.4 is 19.5 Å². The van der Waals surface area contributed by atoms with Crippen LogP contribution in [0.4, 0.5) is 0 Å². The maximum absolute atomic E-state index is 12.1. The molecule has 0 atom stereocenters. The number of hydrogen-bond donors (Lipinski definition) is 2. The molecule has 0 spiro atoms. The number of carbonyl (C=O) groups excluding carboxylic acids is 1. The van der Waals surface area contributed by atoms with Gasteiger partial charge in [-0.3, -0.25) is 4.79 Å². The van der Waals surface area contributed by atoms with Crippen molar-refractivity contribution in [2.75, 3.05) is 27.8 Å². The maximum Gasteiger partial charge on any atom is 0.242 e. The minimum atomic E-state index is -3.85. The van der Waals surface area contributed by atoms with Gasteiger partial charge in [-0.2, -0.15) is 0 Å². The second kappa shape index (κ2) is 6.91. The van der Waals surface area contributed by atoms with E-state index >= 15 is 0 Å². The van der Waals surface area contributed by atoms with Gasteiger partial charge in [0.2, 0.25) is 15.9 Å². The van der Waals surface area contributed by atoms with Crippen molar-refractivity contribution in [3.8, 4) is 11.5 Å². The Labute approximate surface area is 125 Å². The number of rotatable bonds is 6. The lowest BCUT2D eigenvalue weighted by atomic mass is 10.3. The third-order valence-electron chi connectivity index (χ3n) is 2.43. The highest BCUT2D eigenvalue weighted by Gasteiger charge is 2.21. The van der Waals surface area contributed by atoms with E-state index in [2.05, 4.69) is 26.0 Å². The van der Waals surface area contributed by atoms with E-state index < -0.39 is 15.9 Å². The summed E-state index contributed by atoms with van der Waals surface area (Å²) in [6, 6.07) is 2.79. The summed E-state index contributed by atoms with van der Waals surface area (Å²) >= 11 is 3.16. The van der Waals surface area contributed by atoms with Crippen molar-refractivity contribution in [2.45, 2.75) is 4.90 Å². The predicted octanol–water partition coefficient (Wildman–Crippen LogP) is 0.491. The number of ether oxygens (including phenoxy) is 2. The monoisotopic (exact) mass is 366 g/mol. The second-order valence-corrected chi connectivity index (χ2v) is 6.23. The average molecular weight is 367 g/mol. The molecule has 0 radical (unpaired) electrons. The van der Waals surface area contributed by atoms with Gasteiger partial charge in [0.25, 0.3) is 0 Å². The summed E-state index contributed by atoms with van der Waals surface area (Å²) in [7, 11) is 0.422. The van der Waals surface area contributed by atoms with Crippen LogP contribution in [0.2, 0.25) is 0 Å². The van der Waals surface area contributed by atoms with Gasteiger partial charge in [0.05, 0.1) is 20.8 Å². The Morgan fingerprint density at radius 1 is 1.25 bits per heavy atom. The van der Waals surface area contributed by atoms with Gasteiger partial charge in [-0.1, -0.05) is 0 Å². The number of hydrogen-bond acceptors (Lipinski definition) is 5. The molecular formula is C11H15BrN2O5S. The number of sulfonamides is 1. The first-order chi connectivity index (χ1) is 9.35. The van der Waals surface area contributed by atoms with E-state index in [0.29, 0.717) is 10.2 Å². The molecule has 0 saturated carbocycles. The minimum Gasteiger partial charge on any atom is -0.493 e. The fourth-order valence-corrected chi connectivity index (χ4v) is 3.38. The van der Waals surface area contributed by atoms with Crippen LogP contribution in [-0.2, 0) is 14.8 Å². The molecule has 2 N–H and O–H groups in total. The Balaban J connectivity index is 3.15. The predicted molar refractivity (Wildman–Crippen MR) is 76.5 cm³/mol. The molecule has 1 rings (SSSR count). The third-order valence-corrected chi connectivity index (χ3v) is 4.79. The van der Waals surface area contributed by atoms with Crippen LogP contribution in [0.15, 0.2) is 21.5 Å². The van der Waals surface area contributed by atoms with Gasteiger partial charge < -0.3 is 14.8 Å². The van der Waals surface area contributed by atoms with E-state index in [4.69, 9.17) is 9.47 Å². The van der Waals surface area contributed by atoms with E-state index in [1.807, 2.05) is 0 Å². The quantitative estimate of drug-likeness (QED) is 0.763. The first kappa shape index (κ1) is 16.7. The van der Waals surface area contributed by atoms with E-state index in [9.17, 15) is 13.2 Å². The van der Waals surface area contributed by atoms with Crippen LogP contribution in [0.25, 0.3) is 0 Å². The Morgan fingerprint density at radius 2 is 1.80 bits per heavy atom. The van der Waals surface area contributed by atoms with Gasteiger partial charge in [-0.25, -0.2) is 13.1 Å². The van der Waals surface area contributed by atoms with E-state index in [1.165, 1.54) is 33.4 Å². The fourth-order valence-electron chi connectivity index (χ4n) is 1.37. The van der Waals surface area contributed by atoms with Crippen molar-refractivity contribution >= 4 is 31.9 Å². The fraction of sp³-hybridized carbons (Fsp3) is 0.364. The summed E-state index contributed by atoms with van der Waals surface area (Å²) in [6.45, 7) is -0.348. The molecule has 0 heterocycles. The molecule has 0 aliphatic rings. The second-order valence-electron chi connectivity index (χ2n) is 3.64. The van der Waals surface area contributed by atoms with Crippen LogP contribution in [0.1, 0.15) is 0 Å². The lowest BCUT2D eigenvalue weighted by Gasteiger charge is -2.12. The molecule has 0 aliphatic heterocycles. The third kappa shape index (κ3) is 3.84. The normalized spacial score (nSPS) is 11.0. The molecule has 1 aromatic carbocycles. The van der Waals surface area contributed by atoms with Crippen molar-refractivity contribution in [2.24, 2.45) is 0 Å². The maximum atomic E-state index is 12.1. The van der Waals surface area contributed by atoms with Crippen LogP contribution in [0.3, 0.4) is 0 Å². The molecule has 7 nitrogen and oxygen atoms in total. The largest absolute Gasteiger partial charge is 0.493 e. The lowest BCUT2D eigenvalue weighted by Crippen LogP contribution is -2.35. The molecule has 1 amide bonds. The summed E-state index contributed by atoms with van der Waals surface area (Å²) in [5, 5.41) is 2.32. The van der Waals surface area contributed by atoms with Crippen LogP contribution >= 0.6 is 15.9 Å². The molecular weight excluding hydrogens is 352 g/mol. The SMILES string of the molecule is CNC(=O)CNS(=O)(=O)c1cc(OC)c(OC)cc1Br. The van der Waals surface area contributed by atoms with Gasteiger partial charge in [-0.05, 0) is 22.0 Å². The van der Waals surface area contributed by atoms with E-state index in [-0.39, 0.29) is 17.2 Å². The van der Waals surface area contributed by atoms with Crippen LogP contribution in [-0.4, -0.2) is 42.1 Å². The summed E-state index contributed by atoms with van der Waals surface area (Å²) < 4.78 is 36.9. The van der Waals surface area contributed by atoms with E-state index in [0.717, 1.165) is 0 Å². The zero-order valence-electron chi connectivity index (χ0n) is 11.2. The minimum absolute atomic E-state index is 0.0425. The molecule has 0 aliphatic carbocycles. The standard InChI is InChI=1S/C11H15BrN2O5S/c1-13-11(15)6-14-20(16,17)10-5-9(19-3)8(18-2)4-7(10)12/h4-5,14H,6H2,1-3H3,(H,13,15). The topological polar surface area (TPSA) is 93.7 Å². The summed E-state index contributed by atoms with van der Waals surface area (Å²) in [4.78, 5) is 11.1. The highest BCUT2D eigenvalue weighted by Crippen LogP contribution is 2.35. The van der Waals surface area contributed by atoms with Gasteiger partial charge in [0, 0.05) is 17.6 Å². The number of amides is 1. The van der Waals surface area contributed by atoms with Gasteiger partial charge in [0.1, 0.15) is 4.90 Å². The molecule has 1 aromatic rings. The first-order valence-corrected chi connectivity index (χ1v) is 7.75. The Morgan fingerprint density at radius 3 is 2.30 bits per heavy atom. The molecule has 0 aromatic heterocycles. The highest BCUT2D eigenvalue weighted by molar-refractivity contribution is 9.10. The van der Waals surface area contributed by atoms with Crippen molar-refractivity contribution in [1.29, 1.82) is 0 Å². The number of nitrogens with one attached hydrogen (secondary N) is 2. The van der Waals surface area contributed by atoms with Crippen LogP contribution in [0, 0.1) is 0 Å². The first-order valence-electron chi connectivity index (χ1n) is 5.47. The summed E-state index contributed by atoms with van der Waals surface area (Å²) in [5.41, 5.74) is 0. The lowest BCUT2D eigenvalue weighted by molar-refractivity contribution is -0.119. The molecule has 0 fully saturated rings. The molecule has 0 bridgehead atoms. The molecule has 112 valence electrons. The van der Waals surface area contributed by atoms with Gasteiger partial charge >= 0.3 is 0 Å². The summed E-state index contributed by atoms with van der Waals surface area (Å²) in [5.74, 6) is 0.228. The molecule has 20 heavy (non-hydrogen) atoms. The van der Waals surface area contributed by atoms with Crippen LogP contribution in [0.5, 0.6) is 11.5 Å². The smallest absolute Gasteiger partial charge is 0.242 e. The van der Waals surface area contributed by atoms with Gasteiger partial charge in [0.15, 0.2) is 11.5 Å². The number of methoxy groups -OCH3 is 2. The zero-order chi connectivity index (χ0) is 15.3. The Hall–Kier alpha value is -1.32. The van der Waals surface area contributed by atoms with Crippen molar-refractivity contribution < 1.29 is 22.7 Å². The van der Waals surface area contributed by atoms with Gasteiger partial charge in [-0.15, -0.1) is 0 Å². The Bertz CT molecular complexity index is 603. The molecule has 0 saturated heterocycles. The highest BCUT2D eigenvalue weighted by atomic mass is 79.9. The summed E-state index contributed by atoms with van der Waals surface area (Å²) in [6.07, 6.45) is 0. The number of halogens is 1. The molecule has 9 heteroatoms. The number of benzene rings is 1. The molecule has 0 unspecified atom stereocenters. The average Bonchev–Trinajstić information content (AvgIpc) is 2.44. The Kier molecular flexibility index (Phi) is 5.78.